The first-order valence-electron chi connectivity index (χ1n) is 6.28. The lowest BCUT2D eigenvalue weighted by atomic mass is 10.3. The van der Waals surface area contributed by atoms with Crippen LogP contribution in [0.5, 0.6) is 0 Å². The number of nitrogens with one attached hydrogen (secondary N) is 2. The predicted octanol–water partition coefficient (Wildman–Crippen LogP) is 1.14. The Morgan fingerprint density at radius 2 is 2.16 bits per heavy atom. The molecule has 1 aromatic heterocycles. The fourth-order valence-corrected chi connectivity index (χ4v) is 2.63. The molecule has 5 nitrogen and oxygen atoms in total. The summed E-state index contributed by atoms with van der Waals surface area (Å²) in [5.74, 6) is -1.15. The minimum absolute atomic E-state index is 0.191. The Morgan fingerprint density at radius 3 is 2.68 bits per heavy atom. The Morgan fingerprint density at radius 1 is 1.42 bits per heavy atom. The lowest BCUT2D eigenvalue weighted by molar-refractivity contribution is -0.139. The van der Waals surface area contributed by atoms with Gasteiger partial charge in [-0.15, -0.1) is 11.3 Å². The molecule has 1 aliphatic carbocycles. The molecule has 0 spiro atoms. The van der Waals surface area contributed by atoms with Gasteiger partial charge in [-0.1, -0.05) is 0 Å². The molecule has 1 aliphatic rings. The highest BCUT2D eigenvalue weighted by atomic mass is 32.1. The van der Waals surface area contributed by atoms with Gasteiger partial charge in [-0.2, -0.15) is 0 Å². The van der Waals surface area contributed by atoms with Gasteiger partial charge in [-0.25, -0.2) is 0 Å². The first kappa shape index (κ1) is 14.0. The Bertz CT molecular complexity index is 468. The molecule has 6 heteroatoms. The highest BCUT2D eigenvalue weighted by Crippen LogP contribution is 2.24. The number of aryl methyl sites for hydroxylation is 1. The van der Waals surface area contributed by atoms with E-state index in [2.05, 4.69) is 10.6 Å². The molecule has 19 heavy (non-hydrogen) atoms. The van der Waals surface area contributed by atoms with Crippen molar-refractivity contribution in [2.75, 3.05) is 13.7 Å². The number of thiophene rings is 1. The maximum atomic E-state index is 11.6. The van der Waals surface area contributed by atoms with E-state index in [9.17, 15) is 9.59 Å². The van der Waals surface area contributed by atoms with Crippen LogP contribution in [0.4, 0.5) is 0 Å². The first-order valence-corrected chi connectivity index (χ1v) is 7.09. The van der Waals surface area contributed by atoms with Gasteiger partial charge < -0.3 is 15.4 Å². The number of carbonyl (C=O) groups excluding carboxylic acids is 2. The van der Waals surface area contributed by atoms with Crippen molar-refractivity contribution in [2.45, 2.75) is 31.9 Å². The Kier molecular flexibility index (Phi) is 4.55. The van der Waals surface area contributed by atoms with Crippen LogP contribution in [-0.4, -0.2) is 31.5 Å². The van der Waals surface area contributed by atoms with Crippen molar-refractivity contribution in [3.8, 4) is 0 Å². The molecule has 2 amide bonds. The number of ether oxygens (including phenoxy) is 1. The summed E-state index contributed by atoms with van der Waals surface area (Å²) in [7, 11) is 1.59. The van der Waals surface area contributed by atoms with Crippen LogP contribution in [0.15, 0.2) is 12.1 Å². The lowest BCUT2D eigenvalue weighted by Gasteiger charge is -2.14. The summed E-state index contributed by atoms with van der Waals surface area (Å²) < 4.78 is 5.34. The second kappa shape index (κ2) is 6.16. The van der Waals surface area contributed by atoms with E-state index < -0.39 is 11.8 Å². The summed E-state index contributed by atoms with van der Waals surface area (Å²) in [4.78, 5) is 25.3. The smallest absolute Gasteiger partial charge is 0.309 e. The average molecular weight is 282 g/mol. The van der Waals surface area contributed by atoms with Crippen molar-refractivity contribution in [3.63, 3.8) is 0 Å². The van der Waals surface area contributed by atoms with Crippen molar-refractivity contribution in [1.29, 1.82) is 0 Å². The number of methoxy groups -OCH3 is 1. The SMILES string of the molecule is CO[C@@H](CNC(=O)C(=O)NC1CC1)c1ccc(C)s1. The second-order valence-electron chi connectivity index (χ2n) is 4.63. The van der Waals surface area contributed by atoms with Crippen LogP contribution in [0.1, 0.15) is 28.7 Å². The van der Waals surface area contributed by atoms with E-state index in [4.69, 9.17) is 4.74 Å². The van der Waals surface area contributed by atoms with Gasteiger partial charge in [0.2, 0.25) is 0 Å². The van der Waals surface area contributed by atoms with Crippen molar-refractivity contribution in [3.05, 3.63) is 21.9 Å². The maximum Gasteiger partial charge on any atom is 0.309 e. The van der Waals surface area contributed by atoms with Gasteiger partial charge in [0.05, 0.1) is 0 Å². The molecule has 2 N–H and O–H groups in total. The van der Waals surface area contributed by atoms with Crippen molar-refractivity contribution < 1.29 is 14.3 Å². The first-order chi connectivity index (χ1) is 9.10. The van der Waals surface area contributed by atoms with E-state index >= 15 is 0 Å². The highest BCUT2D eigenvalue weighted by Gasteiger charge is 2.26. The summed E-state index contributed by atoms with van der Waals surface area (Å²) in [5, 5.41) is 5.26. The molecule has 0 aromatic carbocycles. The number of amides is 2. The van der Waals surface area contributed by atoms with Crippen molar-refractivity contribution >= 4 is 23.2 Å². The predicted molar refractivity (Wildman–Crippen MR) is 73.0 cm³/mol. The molecule has 1 fully saturated rings. The summed E-state index contributed by atoms with van der Waals surface area (Å²) in [5.41, 5.74) is 0. The Hall–Kier alpha value is -1.40. The summed E-state index contributed by atoms with van der Waals surface area (Å²) in [6.07, 6.45) is 1.72. The van der Waals surface area contributed by atoms with Gasteiger partial charge in [0, 0.05) is 29.5 Å². The van der Waals surface area contributed by atoms with Crippen LogP contribution in [0.2, 0.25) is 0 Å². The fourth-order valence-electron chi connectivity index (χ4n) is 1.67. The molecule has 1 aromatic rings. The summed E-state index contributed by atoms with van der Waals surface area (Å²) >= 11 is 1.62. The molecule has 0 unspecified atom stereocenters. The second-order valence-corrected chi connectivity index (χ2v) is 5.95. The minimum Gasteiger partial charge on any atom is -0.374 e. The molecule has 0 radical (unpaired) electrons. The van der Waals surface area contributed by atoms with Crippen LogP contribution < -0.4 is 10.6 Å². The van der Waals surface area contributed by atoms with E-state index in [1.807, 2.05) is 19.1 Å². The van der Waals surface area contributed by atoms with E-state index in [1.165, 1.54) is 4.88 Å². The molecule has 1 heterocycles. The summed E-state index contributed by atoms with van der Waals surface area (Å²) in [6.45, 7) is 2.32. The van der Waals surface area contributed by atoms with Gasteiger partial charge in [0.1, 0.15) is 6.10 Å². The van der Waals surface area contributed by atoms with E-state index in [0.717, 1.165) is 17.7 Å². The van der Waals surface area contributed by atoms with Crippen LogP contribution in [-0.2, 0) is 14.3 Å². The van der Waals surface area contributed by atoms with Crippen LogP contribution >= 0.6 is 11.3 Å². The fraction of sp³-hybridized carbons (Fsp3) is 0.538. The normalized spacial score (nSPS) is 15.9. The van der Waals surface area contributed by atoms with E-state index in [-0.39, 0.29) is 12.1 Å². The van der Waals surface area contributed by atoms with Crippen LogP contribution in [0, 0.1) is 6.92 Å². The molecule has 2 rings (SSSR count). The van der Waals surface area contributed by atoms with Crippen molar-refractivity contribution in [1.82, 2.24) is 10.6 Å². The Labute approximate surface area is 116 Å². The molecular weight excluding hydrogens is 264 g/mol. The maximum absolute atomic E-state index is 11.6. The minimum atomic E-state index is -0.595. The molecular formula is C13H18N2O3S. The Balaban J connectivity index is 1.81. The lowest BCUT2D eigenvalue weighted by Crippen LogP contribution is -2.42. The highest BCUT2D eigenvalue weighted by molar-refractivity contribution is 7.12. The van der Waals surface area contributed by atoms with Crippen LogP contribution in [0.25, 0.3) is 0 Å². The molecule has 0 bridgehead atoms. The third-order valence-corrected chi connectivity index (χ3v) is 4.02. The quantitative estimate of drug-likeness (QED) is 0.796. The van der Waals surface area contributed by atoms with Gasteiger partial charge in [-0.05, 0) is 31.9 Å². The number of rotatable bonds is 5. The van der Waals surface area contributed by atoms with E-state index in [1.54, 1.807) is 18.4 Å². The largest absolute Gasteiger partial charge is 0.374 e. The van der Waals surface area contributed by atoms with Gasteiger partial charge in [0.15, 0.2) is 0 Å². The van der Waals surface area contributed by atoms with Gasteiger partial charge >= 0.3 is 11.8 Å². The molecule has 0 saturated heterocycles. The number of hydrogen-bond donors (Lipinski definition) is 2. The molecule has 1 saturated carbocycles. The number of hydrogen-bond acceptors (Lipinski definition) is 4. The zero-order valence-electron chi connectivity index (χ0n) is 11.1. The average Bonchev–Trinajstić information content (AvgIpc) is 3.10. The zero-order valence-corrected chi connectivity index (χ0v) is 11.9. The molecule has 0 aliphatic heterocycles. The molecule has 104 valence electrons. The summed E-state index contributed by atoms with van der Waals surface area (Å²) in [6, 6.07) is 4.18. The van der Waals surface area contributed by atoms with Crippen molar-refractivity contribution in [2.24, 2.45) is 0 Å². The zero-order chi connectivity index (χ0) is 13.8. The monoisotopic (exact) mass is 282 g/mol. The number of carbonyl (C=O) groups is 2. The van der Waals surface area contributed by atoms with E-state index in [0.29, 0.717) is 6.54 Å². The van der Waals surface area contributed by atoms with Crippen LogP contribution in [0.3, 0.4) is 0 Å². The molecule has 1 atom stereocenters. The van der Waals surface area contributed by atoms with Gasteiger partial charge in [0.25, 0.3) is 0 Å². The van der Waals surface area contributed by atoms with Gasteiger partial charge in [-0.3, -0.25) is 9.59 Å². The third kappa shape index (κ3) is 4.04. The standard InChI is InChI=1S/C13H18N2O3S/c1-8-3-6-11(19-8)10(18-2)7-14-12(16)13(17)15-9-4-5-9/h3,6,9-10H,4-5,7H2,1-2H3,(H,14,16)(H,15,17)/t10-/m0/s1. The third-order valence-electron chi connectivity index (χ3n) is 2.93. The topological polar surface area (TPSA) is 67.4 Å².